The first-order valence-electron chi connectivity index (χ1n) is 12.2. The van der Waals surface area contributed by atoms with Crippen LogP contribution in [0.4, 0.5) is 0 Å². The number of carbonyl (C=O) groups excluding carboxylic acids is 2. The number of carbonyl (C=O) groups is 2. The van der Waals surface area contributed by atoms with Gasteiger partial charge in [0.25, 0.3) is 0 Å². The van der Waals surface area contributed by atoms with Crippen LogP contribution >= 0.6 is 0 Å². The molecule has 0 unspecified atom stereocenters. The summed E-state index contributed by atoms with van der Waals surface area (Å²) < 4.78 is 10.6. The van der Waals surface area contributed by atoms with Crippen molar-refractivity contribution in [1.82, 2.24) is 0 Å². The standard InChI is InChI=1S/C30H28O4Se2/c1-3-33-29(31)27-13-25-21-11-12-22(26(25)14-28(27)30(32)34-4-2)18-36-16-20-10-9-19(15-35-17-21)23-7-5-6-8-24(20)23/h5-14H,3-4,15-18H2,1-2H3. The molecule has 184 valence electrons. The summed E-state index contributed by atoms with van der Waals surface area (Å²) >= 11 is 0.688. The summed E-state index contributed by atoms with van der Waals surface area (Å²) in [4.78, 5) is 25.7. The number of rotatable bonds is 4. The van der Waals surface area contributed by atoms with Crippen LogP contribution in [0, 0.1) is 0 Å². The van der Waals surface area contributed by atoms with Gasteiger partial charge in [0.2, 0.25) is 0 Å². The van der Waals surface area contributed by atoms with Crippen LogP contribution in [0.1, 0.15) is 56.8 Å². The molecule has 6 heteroatoms. The second kappa shape index (κ2) is 11.2. The van der Waals surface area contributed by atoms with Gasteiger partial charge in [-0.1, -0.05) is 0 Å². The number of fused-ring (bicyclic) bond motifs is 6. The van der Waals surface area contributed by atoms with E-state index in [4.69, 9.17) is 9.47 Å². The molecule has 0 radical (unpaired) electrons. The number of esters is 2. The van der Waals surface area contributed by atoms with Gasteiger partial charge in [0.1, 0.15) is 0 Å². The maximum absolute atomic E-state index is 12.9. The van der Waals surface area contributed by atoms with E-state index in [1.165, 1.54) is 33.0 Å². The normalized spacial score (nSPS) is 13.6. The predicted octanol–water partition coefficient (Wildman–Crippen LogP) is 5.47. The molecule has 4 aromatic rings. The molecule has 2 aliphatic heterocycles. The van der Waals surface area contributed by atoms with Crippen molar-refractivity contribution in [2.45, 2.75) is 35.1 Å². The van der Waals surface area contributed by atoms with Crippen molar-refractivity contribution in [3.63, 3.8) is 0 Å². The Morgan fingerprint density at radius 2 is 0.972 bits per heavy atom. The maximum atomic E-state index is 12.9. The Morgan fingerprint density at radius 3 is 1.33 bits per heavy atom. The van der Waals surface area contributed by atoms with Gasteiger partial charge in [0.05, 0.1) is 0 Å². The molecule has 2 aliphatic rings. The van der Waals surface area contributed by atoms with Gasteiger partial charge in [0.15, 0.2) is 0 Å². The monoisotopic (exact) mass is 612 g/mol. The number of benzene rings is 4. The fraction of sp³-hybridized carbons (Fsp3) is 0.267. The van der Waals surface area contributed by atoms with Crippen LogP contribution in [0.15, 0.2) is 60.7 Å². The molecule has 0 fully saturated rings. The van der Waals surface area contributed by atoms with Crippen molar-refractivity contribution >= 4 is 63.4 Å². The minimum absolute atomic E-state index is 0.254. The molecule has 36 heavy (non-hydrogen) atoms. The molecule has 0 amide bonds. The van der Waals surface area contributed by atoms with Gasteiger partial charge < -0.3 is 0 Å². The molecular weight excluding hydrogens is 582 g/mol. The van der Waals surface area contributed by atoms with Gasteiger partial charge >= 0.3 is 225 Å². The summed E-state index contributed by atoms with van der Waals surface area (Å²) in [5.41, 5.74) is 5.86. The SMILES string of the molecule is CCOC(=O)c1cc2c3ccc(c2cc1C(=O)OCC)C[Se]Cc1ccc(c2ccccc12)C[Se]C3. The van der Waals surface area contributed by atoms with Gasteiger partial charge in [-0.15, -0.1) is 0 Å². The van der Waals surface area contributed by atoms with Crippen LogP contribution < -0.4 is 0 Å². The summed E-state index contributed by atoms with van der Waals surface area (Å²) in [7, 11) is 0. The van der Waals surface area contributed by atoms with Crippen molar-refractivity contribution in [2.24, 2.45) is 0 Å². The number of hydrogen-bond acceptors (Lipinski definition) is 4. The van der Waals surface area contributed by atoms with E-state index in [-0.39, 0.29) is 13.2 Å². The van der Waals surface area contributed by atoms with Crippen LogP contribution in [0.2, 0.25) is 0 Å². The molecular formula is C30H28O4Se2. The Labute approximate surface area is 224 Å². The van der Waals surface area contributed by atoms with E-state index < -0.39 is 11.9 Å². The van der Waals surface area contributed by atoms with Gasteiger partial charge in [-0.25, -0.2) is 0 Å². The van der Waals surface area contributed by atoms with Gasteiger partial charge in [0, 0.05) is 0 Å². The van der Waals surface area contributed by atoms with E-state index in [9.17, 15) is 9.59 Å². The first kappa shape index (κ1) is 25.0. The van der Waals surface area contributed by atoms with E-state index in [0.29, 0.717) is 41.0 Å². The quantitative estimate of drug-likeness (QED) is 0.227. The zero-order valence-electron chi connectivity index (χ0n) is 20.5. The van der Waals surface area contributed by atoms with Gasteiger partial charge in [-0.2, -0.15) is 0 Å². The number of hydrogen-bond donors (Lipinski definition) is 0. The first-order valence-corrected chi connectivity index (χ1v) is 17.0. The molecule has 0 spiro atoms. The van der Waals surface area contributed by atoms with Crippen LogP contribution in [-0.2, 0) is 30.8 Å². The third-order valence-corrected chi connectivity index (χ3v) is 10.8. The summed E-state index contributed by atoms with van der Waals surface area (Å²) in [6, 6.07) is 21.6. The Bertz CT molecular complexity index is 1350. The van der Waals surface area contributed by atoms with Crippen LogP contribution in [0.3, 0.4) is 0 Å². The molecule has 0 N–H and O–H groups in total. The molecule has 0 aromatic heterocycles. The van der Waals surface area contributed by atoms with E-state index in [1.807, 2.05) is 12.1 Å². The molecule has 4 nitrogen and oxygen atoms in total. The fourth-order valence-corrected chi connectivity index (χ4v) is 9.12. The summed E-state index contributed by atoms with van der Waals surface area (Å²) in [5, 5.41) is 8.87. The van der Waals surface area contributed by atoms with Crippen LogP contribution in [-0.4, -0.2) is 55.1 Å². The average Bonchev–Trinajstić information content (AvgIpc) is 2.90. The first-order chi connectivity index (χ1) is 17.6. The molecule has 6 rings (SSSR count). The van der Waals surface area contributed by atoms with Crippen molar-refractivity contribution in [3.8, 4) is 0 Å². The summed E-state index contributed by atoms with van der Waals surface area (Å²) in [6.07, 6.45) is 0. The van der Waals surface area contributed by atoms with Crippen LogP contribution in [0.25, 0.3) is 21.5 Å². The van der Waals surface area contributed by atoms with Gasteiger partial charge in [-0.05, 0) is 0 Å². The Morgan fingerprint density at radius 1 is 0.611 bits per heavy atom. The zero-order chi connectivity index (χ0) is 25.1. The topological polar surface area (TPSA) is 52.6 Å². The van der Waals surface area contributed by atoms with Crippen molar-refractivity contribution in [1.29, 1.82) is 0 Å². The molecule has 0 saturated heterocycles. The minimum atomic E-state index is -0.478. The Balaban J connectivity index is 1.63. The second-order valence-electron chi connectivity index (χ2n) is 8.68. The summed E-state index contributed by atoms with van der Waals surface area (Å²) in [6.45, 7) is 4.06. The van der Waals surface area contributed by atoms with Crippen molar-refractivity contribution < 1.29 is 19.1 Å². The second-order valence-corrected chi connectivity index (χ2v) is 12.8. The third kappa shape index (κ3) is 4.96. The van der Waals surface area contributed by atoms with Gasteiger partial charge in [-0.3, -0.25) is 0 Å². The van der Waals surface area contributed by atoms with Crippen LogP contribution in [0.5, 0.6) is 0 Å². The molecule has 4 aromatic carbocycles. The average molecular weight is 610 g/mol. The zero-order valence-corrected chi connectivity index (χ0v) is 23.9. The van der Waals surface area contributed by atoms with Crippen molar-refractivity contribution in [2.75, 3.05) is 13.2 Å². The van der Waals surface area contributed by atoms with E-state index >= 15 is 0 Å². The predicted molar refractivity (Wildman–Crippen MR) is 146 cm³/mol. The fourth-order valence-electron chi connectivity index (χ4n) is 4.74. The van der Waals surface area contributed by atoms with Crippen molar-refractivity contribution in [3.05, 3.63) is 94.0 Å². The van der Waals surface area contributed by atoms with E-state index in [2.05, 4.69) is 48.5 Å². The number of ether oxygens (including phenoxy) is 2. The summed E-state index contributed by atoms with van der Waals surface area (Å²) in [5.74, 6) is -0.956. The van der Waals surface area contributed by atoms with E-state index in [0.717, 1.165) is 32.0 Å². The molecule has 0 saturated carbocycles. The molecule has 0 aliphatic carbocycles. The third-order valence-electron chi connectivity index (χ3n) is 6.46. The molecule has 0 atom stereocenters. The Hall–Kier alpha value is -2.62. The Kier molecular flexibility index (Phi) is 7.78. The van der Waals surface area contributed by atoms with E-state index in [1.54, 1.807) is 13.8 Å². The molecule has 2 heterocycles. The molecule has 4 bridgehead atoms.